The third kappa shape index (κ3) is 4.30. The minimum atomic E-state index is -0.439. The molecule has 0 saturated heterocycles. The van der Waals surface area contributed by atoms with Gasteiger partial charge in [-0.2, -0.15) is 4.98 Å². The third-order valence-corrected chi connectivity index (χ3v) is 5.01. The molecule has 1 aliphatic heterocycles. The molecule has 4 rings (SSSR count). The molecule has 0 aliphatic carbocycles. The largest absolute Gasteiger partial charge is 0.342 e. The van der Waals surface area contributed by atoms with Crippen molar-refractivity contribution in [3.63, 3.8) is 0 Å². The number of aromatic nitrogens is 2. The maximum Gasteiger partial charge on any atom is 0.257 e. The van der Waals surface area contributed by atoms with Crippen molar-refractivity contribution >= 4 is 29.1 Å². The maximum atomic E-state index is 12.7. The van der Waals surface area contributed by atoms with E-state index in [1.807, 2.05) is 6.07 Å². The van der Waals surface area contributed by atoms with Crippen LogP contribution in [0.15, 0.2) is 47.0 Å². The Morgan fingerprint density at radius 2 is 2.00 bits per heavy atom. The van der Waals surface area contributed by atoms with Gasteiger partial charge in [-0.3, -0.25) is 9.59 Å². The van der Waals surface area contributed by atoms with Crippen molar-refractivity contribution in [2.24, 2.45) is 0 Å². The summed E-state index contributed by atoms with van der Waals surface area (Å²) in [5, 5.41) is 10.3. The highest BCUT2D eigenvalue weighted by Gasteiger charge is 2.19. The lowest BCUT2D eigenvalue weighted by Crippen LogP contribution is -2.27. The van der Waals surface area contributed by atoms with Crippen LogP contribution in [0.4, 0.5) is 5.69 Å². The van der Waals surface area contributed by atoms with E-state index in [0.29, 0.717) is 28.7 Å². The van der Waals surface area contributed by atoms with Crippen molar-refractivity contribution < 1.29 is 14.1 Å². The first kappa shape index (κ1) is 19.1. The lowest BCUT2D eigenvalue weighted by molar-refractivity contribution is -0.116. The Morgan fingerprint density at radius 3 is 2.79 bits per heavy atom. The number of anilines is 1. The lowest BCUT2D eigenvalue weighted by Gasteiger charge is -2.12. The van der Waals surface area contributed by atoms with Crippen LogP contribution < -0.4 is 10.6 Å². The molecule has 1 aliphatic rings. The number of amides is 2. The molecule has 0 saturated carbocycles. The molecule has 1 unspecified atom stereocenters. The second-order valence-electron chi connectivity index (χ2n) is 6.93. The SMILES string of the molecule is CC(NC(=O)c1ccc2c(c1)CCCC(=O)N2)c1noc(-c2ccc(Cl)cc2)n1. The molecule has 0 radical (unpaired) electrons. The number of hydrogen-bond donors (Lipinski definition) is 2. The molecular formula is C21H19ClN4O3. The van der Waals surface area contributed by atoms with E-state index in [4.69, 9.17) is 16.1 Å². The summed E-state index contributed by atoms with van der Waals surface area (Å²) in [5.41, 5.74) is 3.00. The Bertz CT molecular complexity index is 1060. The molecule has 0 spiro atoms. The fraction of sp³-hybridized carbons (Fsp3) is 0.238. The van der Waals surface area contributed by atoms with Crippen LogP contribution in [0.3, 0.4) is 0 Å². The van der Waals surface area contributed by atoms with Crippen molar-refractivity contribution in [1.29, 1.82) is 0 Å². The maximum absolute atomic E-state index is 12.7. The minimum absolute atomic E-state index is 0.00294. The monoisotopic (exact) mass is 410 g/mol. The fourth-order valence-corrected chi connectivity index (χ4v) is 3.31. The summed E-state index contributed by atoms with van der Waals surface area (Å²) in [5.74, 6) is 0.501. The number of aryl methyl sites for hydroxylation is 1. The van der Waals surface area contributed by atoms with Gasteiger partial charge < -0.3 is 15.2 Å². The minimum Gasteiger partial charge on any atom is -0.342 e. The molecule has 29 heavy (non-hydrogen) atoms. The first-order chi connectivity index (χ1) is 14.0. The van der Waals surface area contributed by atoms with Crippen molar-refractivity contribution in [2.45, 2.75) is 32.2 Å². The molecule has 8 heteroatoms. The normalized spacial score (nSPS) is 14.5. The summed E-state index contributed by atoms with van der Waals surface area (Å²) in [6.07, 6.45) is 2.00. The van der Waals surface area contributed by atoms with Gasteiger partial charge in [0, 0.05) is 28.3 Å². The molecular weight excluding hydrogens is 392 g/mol. The molecule has 1 atom stereocenters. The highest BCUT2D eigenvalue weighted by Crippen LogP contribution is 2.24. The van der Waals surface area contributed by atoms with Crippen LogP contribution in [-0.4, -0.2) is 22.0 Å². The van der Waals surface area contributed by atoms with Crippen LogP contribution >= 0.6 is 11.6 Å². The van der Waals surface area contributed by atoms with E-state index >= 15 is 0 Å². The Morgan fingerprint density at radius 1 is 1.21 bits per heavy atom. The lowest BCUT2D eigenvalue weighted by atomic mass is 10.0. The molecule has 2 heterocycles. The highest BCUT2D eigenvalue weighted by atomic mass is 35.5. The standard InChI is InChI=1S/C21H19ClN4O3/c1-12(19-25-21(29-26-19)13-5-8-16(22)9-6-13)23-20(28)15-7-10-17-14(11-15)3-2-4-18(27)24-17/h5-12H,2-4H2,1H3,(H,23,28)(H,24,27). The number of carbonyl (C=O) groups is 2. The number of halogens is 1. The van der Waals surface area contributed by atoms with E-state index in [0.717, 1.165) is 29.7 Å². The Hall–Kier alpha value is -3.19. The number of hydrogen-bond acceptors (Lipinski definition) is 5. The Labute approximate surface area is 172 Å². The number of fused-ring (bicyclic) bond motifs is 1. The number of nitrogens with zero attached hydrogens (tertiary/aromatic N) is 2. The Balaban J connectivity index is 1.47. The molecule has 7 nitrogen and oxygen atoms in total. The molecule has 0 fully saturated rings. The summed E-state index contributed by atoms with van der Waals surface area (Å²) < 4.78 is 5.30. The first-order valence-electron chi connectivity index (χ1n) is 9.33. The van der Waals surface area contributed by atoms with Crippen LogP contribution in [0.25, 0.3) is 11.5 Å². The van der Waals surface area contributed by atoms with Gasteiger partial charge in [0.2, 0.25) is 5.91 Å². The summed E-state index contributed by atoms with van der Waals surface area (Å²) in [4.78, 5) is 28.7. The highest BCUT2D eigenvalue weighted by molar-refractivity contribution is 6.30. The van der Waals surface area contributed by atoms with Crippen LogP contribution in [-0.2, 0) is 11.2 Å². The first-order valence-corrected chi connectivity index (χ1v) is 9.70. The zero-order chi connectivity index (χ0) is 20.4. The summed E-state index contributed by atoms with van der Waals surface area (Å²) >= 11 is 5.90. The van der Waals surface area contributed by atoms with E-state index in [2.05, 4.69) is 20.8 Å². The molecule has 2 N–H and O–H groups in total. The van der Waals surface area contributed by atoms with Gasteiger partial charge in [-0.1, -0.05) is 16.8 Å². The number of benzene rings is 2. The van der Waals surface area contributed by atoms with Crippen LogP contribution in [0.2, 0.25) is 5.02 Å². The van der Waals surface area contributed by atoms with E-state index < -0.39 is 6.04 Å². The van der Waals surface area contributed by atoms with E-state index in [1.165, 1.54) is 0 Å². The van der Waals surface area contributed by atoms with Gasteiger partial charge in [0.05, 0.1) is 6.04 Å². The van der Waals surface area contributed by atoms with Gasteiger partial charge in [-0.05, 0) is 67.8 Å². The summed E-state index contributed by atoms with van der Waals surface area (Å²) in [6, 6.07) is 11.9. The average molecular weight is 411 g/mol. The van der Waals surface area contributed by atoms with Gasteiger partial charge >= 0.3 is 0 Å². The summed E-state index contributed by atoms with van der Waals surface area (Å²) in [7, 11) is 0. The average Bonchev–Trinajstić information content (AvgIpc) is 3.12. The zero-order valence-electron chi connectivity index (χ0n) is 15.7. The predicted octanol–water partition coefficient (Wildman–Crippen LogP) is 4.16. The van der Waals surface area contributed by atoms with Crippen LogP contribution in [0.1, 0.15) is 47.6 Å². The van der Waals surface area contributed by atoms with E-state index in [9.17, 15) is 9.59 Å². The van der Waals surface area contributed by atoms with Gasteiger partial charge in [0.25, 0.3) is 11.8 Å². The number of nitrogens with one attached hydrogen (secondary N) is 2. The molecule has 3 aromatic rings. The molecule has 148 valence electrons. The smallest absolute Gasteiger partial charge is 0.257 e. The van der Waals surface area contributed by atoms with E-state index in [-0.39, 0.29) is 11.8 Å². The topological polar surface area (TPSA) is 97.1 Å². The van der Waals surface area contributed by atoms with Gasteiger partial charge in [0.15, 0.2) is 5.82 Å². The predicted molar refractivity (Wildman–Crippen MR) is 109 cm³/mol. The fourth-order valence-electron chi connectivity index (χ4n) is 3.18. The molecule has 2 amide bonds. The third-order valence-electron chi connectivity index (χ3n) is 4.76. The molecule has 0 bridgehead atoms. The van der Waals surface area contributed by atoms with Crippen molar-refractivity contribution in [3.8, 4) is 11.5 Å². The second kappa shape index (κ2) is 8.05. The van der Waals surface area contributed by atoms with Gasteiger partial charge in [-0.25, -0.2) is 0 Å². The van der Waals surface area contributed by atoms with Crippen molar-refractivity contribution in [1.82, 2.24) is 15.5 Å². The van der Waals surface area contributed by atoms with Crippen LogP contribution in [0, 0.1) is 0 Å². The van der Waals surface area contributed by atoms with Crippen molar-refractivity contribution in [3.05, 3.63) is 64.4 Å². The van der Waals surface area contributed by atoms with Gasteiger partial charge in [-0.15, -0.1) is 0 Å². The zero-order valence-corrected chi connectivity index (χ0v) is 16.5. The number of carbonyl (C=O) groups excluding carboxylic acids is 2. The molecule has 2 aromatic carbocycles. The Kier molecular flexibility index (Phi) is 5.31. The van der Waals surface area contributed by atoms with Crippen molar-refractivity contribution in [2.75, 3.05) is 5.32 Å². The second-order valence-corrected chi connectivity index (χ2v) is 7.37. The molecule has 1 aromatic heterocycles. The number of rotatable bonds is 4. The van der Waals surface area contributed by atoms with E-state index in [1.54, 1.807) is 43.3 Å². The summed E-state index contributed by atoms with van der Waals surface area (Å²) in [6.45, 7) is 1.79. The van der Waals surface area contributed by atoms with Crippen LogP contribution in [0.5, 0.6) is 0 Å². The van der Waals surface area contributed by atoms with Gasteiger partial charge in [0.1, 0.15) is 0 Å². The quantitative estimate of drug-likeness (QED) is 0.673.